The molecule has 1 atom stereocenters. The minimum Gasteiger partial charge on any atom is -0.478 e. The summed E-state index contributed by atoms with van der Waals surface area (Å²) >= 11 is 0. The molecule has 0 saturated carbocycles. The van der Waals surface area contributed by atoms with Gasteiger partial charge in [0.2, 0.25) is 0 Å². The molecule has 0 aliphatic heterocycles. The van der Waals surface area contributed by atoms with Gasteiger partial charge in [-0.05, 0) is 42.0 Å². The summed E-state index contributed by atoms with van der Waals surface area (Å²) in [4.78, 5) is 22.5. The summed E-state index contributed by atoms with van der Waals surface area (Å²) in [5.41, 5.74) is 0.355. The Morgan fingerprint density at radius 3 is 2.20 bits per heavy atom. The van der Waals surface area contributed by atoms with Crippen LogP contribution in [0.2, 0.25) is 0 Å². The molecule has 1 aromatic carbocycles. The molecule has 1 aromatic rings. The van der Waals surface area contributed by atoms with Gasteiger partial charge in [0.25, 0.3) is 0 Å². The first-order valence-electron chi connectivity index (χ1n) is 6.71. The summed E-state index contributed by atoms with van der Waals surface area (Å²) in [6.45, 7) is 8.44. The van der Waals surface area contributed by atoms with E-state index in [0.717, 1.165) is 6.42 Å². The summed E-state index contributed by atoms with van der Waals surface area (Å²) in [6, 6.07) is 5.83. The van der Waals surface area contributed by atoms with Crippen molar-refractivity contribution in [1.82, 2.24) is 0 Å². The van der Waals surface area contributed by atoms with E-state index in [1.54, 1.807) is 0 Å². The largest absolute Gasteiger partial charge is 0.478 e. The van der Waals surface area contributed by atoms with Crippen LogP contribution < -0.4 is 4.74 Å². The molecule has 0 spiro atoms. The summed E-state index contributed by atoms with van der Waals surface area (Å²) in [6.07, 6.45) is 1.30. The molecule has 20 heavy (non-hydrogen) atoms. The number of carboxylic acid groups (broad SMARTS) is 1. The van der Waals surface area contributed by atoms with Crippen LogP contribution in [0.15, 0.2) is 24.3 Å². The van der Waals surface area contributed by atoms with E-state index < -0.39 is 5.97 Å². The maximum Gasteiger partial charge on any atom is 0.335 e. The Kier molecular flexibility index (Phi) is 5.31. The number of ether oxygens (including phenoxy) is 1. The molecule has 0 aliphatic carbocycles. The van der Waals surface area contributed by atoms with Crippen molar-refractivity contribution in [2.75, 3.05) is 0 Å². The molecular weight excluding hydrogens is 256 g/mol. The number of hydrogen-bond donors (Lipinski definition) is 1. The van der Waals surface area contributed by atoms with Crippen LogP contribution in [0, 0.1) is 11.3 Å². The van der Waals surface area contributed by atoms with Crippen molar-refractivity contribution in [3.05, 3.63) is 29.8 Å². The number of esters is 1. The molecule has 1 N–H and O–H groups in total. The van der Waals surface area contributed by atoms with Gasteiger partial charge in [0.15, 0.2) is 0 Å². The first kappa shape index (κ1) is 16.2. The van der Waals surface area contributed by atoms with Crippen molar-refractivity contribution in [3.63, 3.8) is 0 Å². The number of carboxylic acids is 1. The predicted molar refractivity (Wildman–Crippen MR) is 76.9 cm³/mol. The minimum absolute atomic E-state index is 0.172. The number of carbonyl (C=O) groups is 2. The van der Waals surface area contributed by atoms with Crippen molar-refractivity contribution in [3.8, 4) is 5.75 Å². The van der Waals surface area contributed by atoms with E-state index in [-0.39, 0.29) is 22.9 Å². The Balaban J connectivity index is 2.52. The maximum atomic E-state index is 11.8. The molecule has 110 valence electrons. The van der Waals surface area contributed by atoms with Crippen LogP contribution in [0.3, 0.4) is 0 Å². The standard InChI is InChI=1S/C16H22O4/c1-11(10-16(2,3)4)9-14(17)20-13-7-5-12(6-8-13)15(18)19/h5-8,11H,9-10H2,1-4H3,(H,18,19). The van der Waals surface area contributed by atoms with Crippen LogP contribution in [-0.4, -0.2) is 17.0 Å². The monoisotopic (exact) mass is 278 g/mol. The van der Waals surface area contributed by atoms with Gasteiger partial charge < -0.3 is 9.84 Å². The highest BCUT2D eigenvalue weighted by molar-refractivity contribution is 5.87. The summed E-state index contributed by atoms with van der Waals surface area (Å²) < 4.78 is 5.20. The summed E-state index contributed by atoms with van der Waals surface area (Å²) in [5, 5.41) is 8.78. The zero-order chi connectivity index (χ0) is 15.3. The predicted octanol–water partition coefficient (Wildman–Crippen LogP) is 3.75. The second kappa shape index (κ2) is 6.55. The Morgan fingerprint density at radius 1 is 1.20 bits per heavy atom. The van der Waals surface area contributed by atoms with Crippen molar-refractivity contribution >= 4 is 11.9 Å². The van der Waals surface area contributed by atoms with Crippen LogP contribution in [0.5, 0.6) is 5.75 Å². The number of hydrogen-bond acceptors (Lipinski definition) is 3. The van der Waals surface area contributed by atoms with E-state index in [4.69, 9.17) is 9.84 Å². The fraction of sp³-hybridized carbons (Fsp3) is 0.500. The average Bonchev–Trinajstić information content (AvgIpc) is 2.26. The van der Waals surface area contributed by atoms with Gasteiger partial charge in [-0.3, -0.25) is 4.79 Å². The quantitative estimate of drug-likeness (QED) is 0.658. The van der Waals surface area contributed by atoms with Crippen LogP contribution in [0.4, 0.5) is 0 Å². The summed E-state index contributed by atoms with van der Waals surface area (Å²) in [5.74, 6) is -0.657. The van der Waals surface area contributed by atoms with E-state index in [1.807, 2.05) is 6.92 Å². The average molecular weight is 278 g/mol. The zero-order valence-corrected chi connectivity index (χ0v) is 12.5. The molecule has 1 unspecified atom stereocenters. The molecule has 0 fully saturated rings. The molecule has 4 heteroatoms. The van der Waals surface area contributed by atoms with E-state index in [9.17, 15) is 9.59 Å². The van der Waals surface area contributed by atoms with Crippen LogP contribution in [-0.2, 0) is 4.79 Å². The van der Waals surface area contributed by atoms with Gasteiger partial charge in [-0.2, -0.15) is 0 Å². The van der Waals surface area contributed by atoms with Crippen molar-refractivity contribution in [1.29, 1.82) is 0 Å². The van der Waals surface area contributed by atoms with Gasteiger partial charge in [-0.1, -0.05) is 27.7 Å². The molecule has 0 saturated heterocycles. The third-order valence-corrected chi connectivity index (χ3v) is 2.81. The molecule has 0 heterocycles. The first-order chi connectivity index (χ1) is 9.17. The second-order valence-electron chi connectivity index (χ2n) is 6.38. The Bertz CT molecular complexity index is 468. The van der Waals surface area contributed by atoms with E-state index >= 15 is 0 Å². The van der Waals surface area contributed by atoms with Crippen molar-refractivity contribution in [2.24, 2.45) is 11.3 Å². The first-order valence-corrected chi connectivity index (χ1v) is 6.71. The molecule has 0 aliphatic rings. The van der Waals surface area contributed by atoms with Gasteiger partial charge in [0.1, 0.15) is 5.75 Å². The topological polar surface area (TPSA) is 63.6 Å². The van der Waals surface area contributed by atoms with Crippen molar-refractivity contribution < 1.29 is 19.4 Å². The van der Waals surface area contributed by atoms with Crippen LogP contribution in [0.25, 0.3) is 0 Å². The Morgan fingerprint density at radius 2 is 1.75 bits per heavy atom. The highest BCUT2D eigenvalue weighted by Crippen LogP contribution is 2.26. The Hall–Kier alpha value is -1.84. The van der Waals surface area contributed by atoms with E-state index in [0.29, 0.717) is 12.2 Å². The lowest BCUT2D eigenvalue weighted by Gasteiger charge is -2.22. The van der Waals surface area contributed by atoms with Gasteiger partial charge in [-0.25, -0.2) is 4.79 Å². The molecule has 1 rings (SSSR count). The second-order valence-corrected chi connectivity index (χ2v) is 6.38. The Labute approximate surface area is 119 Å². The SMILES string of the molecule is CC(CC(=O)Oc1ccc(C(=O)O)cc1)CC(C)(C)C. The number of carbonyl (C=O) groups excluding carboxylic acids is 1. The minimum atomic E-state index is -0.998. The third-order valence-electron chi connectivity index (χ3n) is 2.81. The zero-order valence-electron chi connectivity index (χ0n) is 12.5. The molecule has 0 aromatic heterocycles. The number of rotatable bonds is 5. The molecule has 0 radical (unpaired) electrons. The fourth-order valence-corrected chi connectivity index (χ4v) is 2.24. The number of benzene rings is 1. The lowest BCUT2D eigenvalue weighted by atomic mass is 9.84. The van der Waals surface area contributed by atoms with E-state index in [2.05, 4.69) is 20.8 Å². The highest BCUT2D eigenvalue weighted by Gasteiger charge is 2.18. The van der Waals surface area contributed by atoms with Crippen molar-refractivity contribution in [2.45, 2.75) is 40.5 Å². The van der Waals surface area contributed by atoms with Gasteiger partial charge in [0, 0.05) is 6.42 Å². The molecule has 4 nitrogen and oxygen atoms in total. The molecule has 0 bridgehead atoms. The molecular formula is C16H22O4. The number of aromatic carboxylic acids is 1. The van der Waals surface area contributed by atoms with Crippen LogP contribution in [0.1, 0.15) is 50.9 Å². The fourth-order valence-electron chi connectivity index (χ4n) is 2.24. The molecule has 0 amide bonds. The maximum absolute atomic E-state index is 11.8. The van der Waals surface area contributed by atoms with Gasteiger partial charge in [-0.15, -0.1) is 0 Å². The van der Waals surface area contributed by atoms with Gasteiger partial charge >= 0.3 is 11.9 Å². The highest BCUT2D eigenvalue weighted by atomic mass is 16.5. The normalized spacial score (nSPS) is 12.8. The smallest absolute Gasteiger partial charge is 0.335 e. The summed E-state index contributed by atoms with van der Waals surface area (Å²) in [7, 11) is 0. The lowest BCUT2D eigenvalue weighted by molar-refractivity contribution is -0.135. The van der Waals surface area contributed by atoms with Gasteiger partial charge in [0.05, 0.1) is 5.56 Å². The van der Waals surface area contributed by atoms with E-state index in [1.165, 1.54) is 24.3 Å². The lowest BCUT2D eigenvalue weighted by Crippen LogP contribution is -2.17. The third kappa shape index (κ3) is 5.87. The van der Waals surface area contributed by atoms with Crippen LogP contribution >= 0.6 is 0 Å².